The summed E-state index contributed by atoms with van der Waals surface area (Å²) in [6, 6.07) is 5.90. The monoisotopic (exact) mass is 361 g/mol. The Bertz CT molecular complexity index is 844. The smallest absolute Gasteiger partial charge is 0.267 e. The molecule has 0 aliphatic carbocycles. The first-order valence-electron chi connectivity index (χ1n) is 8.11. The Morgan fingerprint density at radius 1 is 1.23 bits per heavy atom. The van der Waals surface area contributed by atoms with Gasteiger partial charge in [-0.3, -0.25) is 14.6 Å². The Balaban J connectivity index is 1.70. The second-order valence-electron chi connectivity index (χ2n) is 6.00. The lowest BCUT2D eigenvalue weighted by atomic mass is 10.1. The summed E-state index contributed by atoms with van der Waals surface area (Å²) in [7, 11) is 0. The topological polar surface area (TPSA) is 85.5 Å². The van der Waals surface area contributed by atoms with Crippen molar-refractivity contribution in [3.8, 4) is 5.75 Å². The summed E-state index contributed by atoms with van der Waals surface area (Å²) in [5.41, 5.74) is 5.10. The number of piperidine rings is 1. The van der Waals surface area contributed by atoms with Crippen molar-refractivity contribution in [1.29, 1.82) is 0 Å². The fraction of sp³-hybridized carbons (Fsp3) is 0.278. The van der Waals surface area contributed by atoms with Gasteiger partial charge < -0.3 is 15.4 Å². The molecular formula is C18H17F2N3O3. The Morgan fingerprint density at radius 2 is 2.04 bits per heavy atom. The maximum absolute atomic E-state index is 13.9. The molecule has 8 heteroatoms. The van der Waals surface area contributed by atoms with Gasteiger partial charge in [-0.15, -0.1) is 0 Å². The fourth-order valence-electron chi connectivity index (χ4n) is 2.86. The first-order valence-corrected chi connectivity index (χ1v) is 8.11. The first kappa shape index (κ1) is 17.8. The van der Waals surface area contributed by atoms with Crippen LogP contribution in [0.1, 0.15) is 33.7 Å². The van der Waals surface area contributed by atoms with Gasteiger partial charge in [-0.25, -0.2) is 8.78 Å². The number of benzene rings is 1. The van der Waals surface area contributed by atoms with Crippen molar-refractivity contribution in [3.05, 3.63) is 59.4 Å². The second-order valence-corrected chi connectivity index (χ2v) is 6.00. The number of likely N-dealkylation sites (tertiary alicyclic amines) is 1. The van der Waals surface area contributed by atoms with Gasteiger partial charge in [-0.2, -0.15) is 0 Å². The molecule has 1 aliphatic heterocycles. The minimum atomic E-state index is -0.890. The van der Waals surface area contributed by atoms with E-state index < -0.39 is 23.4 Å². The minimum absolute atomic E-state index is 0.0830. The molecule has 1 aliphatic rings. The molecule has 26 heavy (non-hydrogen) atoms. The molecule has 2 N–H and O–H groups in total. The quantitative estimate of drug-likeness (QED) is 0.904. The van der Waals surface area contributed by atoms with Gasteiger partial charge in [0.25, 0.3) is 11.8 Å². The molecule has 2 amide bonds. The third-order valence-electron chi connectivity index (χ3n) is 4.11. The largest absolute Gasteiger partial charge is 0.488 e. The number of hydrogen-bond donors (Lipinski definition) is 1. The molecule has 136 valence electrons. The number of aromatic nitrogens is 1. The lowest BCUT2D eigenvalue weighted by molar-refractivity contribution is 0.0533. The van der Waals surface area contributed by atoms with Crippen molar-refractivity contribution in [2.45, 2.75) is 18.9 Å². The number of nitrogens with zero attached hydrogens (tertiary/aromatic N) is 2. The maximum Gasteiger partial charge on any atom is 0.267 e. The number of hydrogen-bond acceptors (Lipinski definition) is 4. The number of primary amides is 1. The van der Waals surface area contributed by atoms with E-state index in [9.17, 15) is 18.4 Å². The van der Waals surface area contributed by atoms with Gasteiger partial charge in [0.15, 0.2) is 0 Å². The number of halogens is 2. The fourth-order valence-corrected chi connectivity index (χ4v) is 2.86. The Labute approximate surface area is 148 Å². The van der Waals surface area contributed by atoms with Crippen LogP contribution >= 0.6 is 0 Å². The van der Waals surface area contributed by atoms with Crippen LogP contribution < -0.4 is 10.5 Å². The number of amides is 2. The average Bonchev–Trinajstić information content (AvgIpc) is 2.61. The van der Waals surface area contributed by atoms with Crippen LogP contribution in [0.15, 0.2) is 36.5 Å². The summed E-state index contributed by atoms with van der Waals surface area (Å²) in [6.45, 7) is 0.711. The molecule has 1 saturated heterocycles. The molecule has 1 aromatic carbocycles. The standard InChI is InChI=1S/C18H17F2N3O3/c19-11-3-4-14(15(20)8-11)18(25)23-7-1-2-13(10-23)26-12-5-6-22-16(9-12)17(21)24/h3-6,8-9,13H,1-2,7,10H2,(H2,21,24). The zero-order chi connectivity index (χ0) is 18.7. The van der Waals surface area contributed by atoms with Gasteiger partial charge in [0.1, 0.15) is 29.2 Å². The van der Waals surface area contributed by atoms with Crippen LogP contribution in [0.5, 0.6) is 5.75 Å². The lowest BCUT2D eigenvalue weighted by Gasteiger charge is -2.33. The predicted molar refractivity (Wildman–Crippen MR) is 88.7 cm³/mol. The Hall–Kier alpha value is -3.03. The third-order valence-corrected chi connectivity index (χ3v) is 4.11. The Morgan fingerprint density at radius 3 is 2.77 bits per heavy atom. The molecule has 0 bridgehead atoms. The van der Waals surface area contributed by atoms with Crippen LogP contribution in [-0.4, -0.2) is 40.9 Å². The number of nitrogens with two attached hydrogens (primary N) is 1. The first-order chi connectivity index (χ1) is 12.4. The maximum atomic E-state index is 13.9. The van der Waals surface area contributed by atoms with Crippen molar-refractivity contribution >= 4 is 11.8 Å². The summed E-state index contributed by atoms with van der Waals surface area (Å²) >= 11 is 0. The summed E-state index contributed by atoms with van der Waals surface area (Å²) in [4.78, 5) is 29.0. The van der Waals surface area contributed by atoms with Crippen molar-refractivity contribution in [3.63, 3.8) is 0 Å². The highest BCUT2D eigenvalue weighted by molar-refractivity contribution is 5.94. The van der Waals surface area contributed by atoms with E-state index in [1.54, 1.807) is 6.07 Å². The van der Waals surface area contributed by atoms with Crippen LogP contribution in [0.2, 0.25) is 0 Å². The number of pyridine rings is 1. The van der Waals surface area contributed by atoms with Crippen molar-refractivity contribution in [1.82, 2.24) is 9.88 Å². The second kappa shape index (κ2) is 7.47. The molecule has 1 atom stereocenters. The van der Waals surface area contributed by atoms with Gasteiger partial charge in [-0.05, 0) is 31.0 Å². The van der Waals surface area contributed by atoms with Crippen LogP contribution in [0.4, 0.5) is 8.78 Å². The van der Waals surface area contributed by atoms with E-state index in [0.717, 1.165) is 12.1 Å². The highest BCUT2D eigenvalue weighted by Gasteiger charge is 2.27. The van der Waals surface area contributed by atoms with Crippen LogP contribution in [0.25, 0.3) is 0 Å². The van der Waals surface area contributed by atoms with Gasteiger partial charge in [-0.1, -0.05) is 0 Å². The summed E-state index contributed by atoms with van der Waals surface area (Å²) in [5, 5.41) is 0. The molecule has 2 aromatic rings. The Kier molecular flexibility index (Phi) is 5.11. The van der Waals surface area contributed by atoms with E-state index in [1.165, 1.54) is 17.2 Å². The van der Waals surface area contributed by atoms with Crippen LogP contribution in [0, 0.1) is 11.6 Å². The zero-order valence-electron chi connectivity index (χ0n) is 13.8. The van der Waals surface area contributed by atoms with E-state index in [4.69, 9.17) is 10.5 Å². The summed E-state index contributed by atoms with van der Waals surface area (Å²) < 4.78 is 32.7. The van der Waals surface area contributed by atoms with Crippen molar-refractivity contribution in [2.24, 2.45) is 5.73 Å². The minimum Gasteiger partial charge on any atom is -0.488 e. The van der Waals surface area contributed by atoms with Gasteiger partial charge in [0.05, 0.1) is 12.1 Å². The zero-order valence-corrected chi connectivity index (χ0v) is 13.8. The van der Waals surface area contributed by atoms with E-state index in [0.29, 0.717) is 31.2 Å². The molecular weight excluding hydrogens is 344 g/mol. The molecule has 1 fully saturated rings. The van der Waals surface area contributed by atoms with Crippen LogP contribution in [-0.2, 0) is 0 Å². The molecule has 1 unspecified atom stereocenters. The SMILES string of the molecule is NC(=O)c1cc(OC2CCCN(C(=O)c3ccc(F)cc3F)C2)ccn1. The molecule has 3 rings (SSSR count). The number of rotatable bonds is 4. The molecule has 0 saturated carbocycles. The van der Waals surface area contributed by atoms with Gasteiger partial charge in [0, 0.05) is 24.9 Å². The predicted octanol–water partition coefficient (Wildman–Crippen LogP) is 2.14. The highest BCUT2D eigenvalue weighted by Crippen LogP contribution is 2.21. The normalized spacial score (nSPS) is 17.0. The summed E-state index contributed by atoms with van der Waals surface area (Å²) in [5.74, 6) is -2.38. The molecule has 1 aromatic heterocycles. The molecule has 0 spiro atoms. The van der Waals surface area contributed by atoms with E-state index in [-0.39, 0.29) is 23.9 Å². The molecule has 0 radical (unpaired) electrons. The third kappa shape index (κ3) is 3.96. The highest BCUT2D eigenvalue weighted by atomic mass is 19.1. The lowest BCUT2D eigenvalue weighted by Crippen LogP contribution is -2.44. The van der Waals surface area contributed by atoms with Gasteiger partial charge in [0.2, 0.25) is 0 Å². The average molecular weight is 361 g/mol. The number of carbonyl (C=O) groups excluding carboxylic acids is 2. The van der Waals surface area contributed by atoms with Gasteiger partial charge >= 0.3 is 0 Å². The van der Waals surface area contributed by atoms with E-state index in [2.05, 4.69) is 4.98 Å². The number of ether oxygens (including phenoxy) is 1. The van der Waals surface area contributed by atoms with Crippen molar-refractivity contribution < 1.29 is 23.1 Å². The van der Waals surface area contributed by atoms with E-state index >= 15 is 0 Å². The van der Waals surface area contributed by atoms with E-state index in [1.807, 2.05) is 0 Å². The summed E-state index contributed by atoms with van der Waals surface area (Å²) in [6.07, 6.45) is 2.46. The molecule has 2 heterocycles. The van der Waals surface area contributed by atoms with Crippen molar-refractivity contribution in [2.75, 3.05) is 13.1 Å². The molecule has 6 nitrogen and oxygen atoms in total. The van der Waals surface area contributed by atoms with Crippen LogP contribution in [0.3, 0.4) is 0 Å². The number of carbonyl (C=O) groups is 2.